The number of ether oxygens (including phenoxy) is 1. The maximum absolute atomic E-state index is 11.5. The van der Waals surface area contributed by atoms with Crippen molar-refractivity contribution < 1.29 is 9.53 Å². The van der Waals surface area contributed by atoms with Gasteiger partial charge in [-0.1, -0.05) is 11.6 Å². The lowest BCUT2D eigenvalue weighted by molar-refractivity contribution is -0.121. The summed E-state index contributed by atoms with van der Waals surface area (Å²) in [5.74, 6) is 0.0239. The summed E-state index contributed by atoms with van der Waals surface area (Å²) in [4.78, 5) is 11.5. The number of hydrogen-bond acceptors (Lipinski definition) is 3. The SMILES string of the molecule is CCOCCCNC(=O)CCn1cc(Cl)c(C)n1. The van der Waals surface area contributed by atoms with Crippen LogP contribution in [0.1, 0.15) is 25.5 Å². The van der Waals surface area contributed by atoms with Crippen LogP contribution in [0.2, 0.25) is 5.02 Å². The van der Waals surface area contributed by atoms with Gasteiger partial charge < -0.3 is 10.1 Å². The molecule has 1 rings (SSSR count). The Balaban J connectivity index is 2.13. The first-order chi connectivity index (χ1) is 8.63. The lowest BCUT2D eigenvalue weighted by Crippen LogP contribution is -2.26. The third-order valence-corrected chi connectivity index (χ3v) is 2.82. The van der Waals surface area contributed by atoms with Crippen molar-refractivity contribution in [1.29, 1.82) is 0 Å². The monoisotopic (exact) mass is 273 g/mol. The molecule has 0 saturated heterocycles. The number of carbonyl (C=O) groups excluding carboxylic acids is 1. The molecule has 102 valence electrons. The summed E-state index contributed by atoms with van der Waals surface area (Å²) in [6.45, 7) is 6.39. The fourth-order valence-corrected chi connectivity index (χ4v) is 1.61. The summed E-state index contributed by atoms with van der Waals surface area (Å²) in [6, 6.07) is 0. The zero-order chi connectivity index (χ0) is 13.4. The van der Waals surface area contributed by atoms with E-state index in [1.807, 2.05) is 13.8 Å². The van der Waals surface area contributed by atoms with Gasteiger partial charge in [0, 0.05) is 38.9 Å². The molecule has 0 atom stereocenters. The molecule has 1 heterocycles. The van der Waals surface area contributed by atoms with Gasteiger partial charge in [-0.2, -0.15) is 5.10 Å². The van der Waals surface area contributed by atoms with E-state index < -0.39 is 0 Å². The van der Waals surface area contributed by atoms with Crippen molar-refractivity contribution in [3.8, 4) is 0 Å². The van der Waals surface area contributed by atoms with E-state index in [0.29, 0.717) is 37.7 Å². The largest absolute Gasteiger partial charge is 0.382 e. The summed E-state index contributed by atoms with van der Waals surface area (Å²) in [7, 11) is 0. The maximum atomic E-state index is 11.5. The minimum Gasteiger partial charge on any atom is -0.382 e. The number of halogens is 1. The van der Waals surface area contributed by atoms with Gasteiger partial charge in [-0.15, -0.1) is 0 Å². The average molecular weight is 274 g/mol. The van der Waals surface area contributed by atoms with Crippen molar-refractivity contribution in [1.82, 2.24) is 15.1 Å². The number of amides is 1. The molecule has 0 radical (unpaired) electrons. The number of aromatic nitrogens is 2. The summed E-state index contributed by atoms with van der Waals surface area (Å²) in [5.41, 5.74) is 0.786. The molecular formula is C12H20ClN3O2. The lowest BCUT2D eigenvalue weighted by Gasteiger charge is -2.05. The Kier molecular flexibility index (Phi) is 6.75. The molecule has 0 aromatic carbocycles. The van der Waals surface area contributed by atoms with Gasteiger partial charge in [-0.3, -0.25) is 9.48 Å². The van der Waals surface area contributed by atoms with Crippen molar-refractivity contribution in [2.45, 2.75) is 33.2 Å². The third kappa shape index (κ3) is 5.51. The number of aryl methyl sites for hydroxylation is 2. The molecule has 6 heteroatoms. The molecule has 5 nitrogen and oxygen atoms in total. The quantitative estimate of drug-likeness (QED) is 0.735. The van der Waals surface area contributed by atoms with E-state index in [1.54, 1.807) is 10.9 Å². The fraction of sp³-hybridized carbons (Fsp3) is 0.667. The lowest BCUT2D eigenvalue weighted by atomic mass is 10.3. The Morgan fingerprint density at radius 2 is 2.39 bits per heavy atom. The number of nitrogens with zero attached hydrogens (tertiary/aromatic N) is 2. The van der Waals surface area contributed by atoms with Crippen LogP contribution >= 0.6 is 11.6 Å². The molecule has 1 aromatic rings. The van der Waals surface area contributed by atoms with Crippen molar-refractivity contribution in [2.75, 3.05) is 19.8 Å². The van der Waals surface area contributed by atoms with E-state index in [0.717, 1.165) is 12.1 Å². The number of nitrogens with one attached hydrogen (secondary N) is 1. The predicted octanol–water partition coefficient (Wildman–Crippen LogP) is 1.78. The summed E-state index contributed by atoms with van der Waals surface area (Å²) >= 11 is 5.88. The molecule has 18 heavy (non-hydrogen) atoms. The zero-order valence-electron chi connectivity index (χ0n) is 10.9. The highest BCUT2D eigenvalue weighted by molar-refractivity contribution is 6.31. The van der Waals surface area contributed by atoms with Crippen molar-refractivity contribution in [3.63, 3.8) is 0 Å². The summed E-state index contributed by atoms with van der Waals surface area (Å²) < 4.78 is 6.87. The molecule has 0 aliphatic heterocycles. The number of carbonyl (C=O) groups is 1. The van der Waals surface area contributed by atoms with Crippen LogP contribution in [0.5, 0.6) is 0 Å². The van der Waals surface area contributed by atoms with Crippen LogP contribution < -0.4 is 5.32 Å². The van der Waals surface area contributed by atoms with Gasteiger partial charge in [0.2, 0.25) is 5.91 Å². The summed E-state index contributed by atoms with van der Waals surface area (Å²) in [5, 5.41) is 7.66. The number of hydrogen-bond donors (Lipinski definition) is 1. The molecule has 0 unspecified atom stereocenters. The first kappa shape index (κ1) is 15.0. The van der Waals surface area contributed by atoms with Crippen LogP contribution in [0, 0.1) is 6.92 Å². The van der Waals surface area contributed by atoms with Gasteiger partial charge >= 0.3 is 0 Å². The molecule has 1 aromatic heterocycles. The molecule has 0 aliphatic carbocycles. The van der Waals surface area contributed by atoms with Crippen LogP contribution in [0.25, 0.3) is 0 Å². The van der Waals surface area contributed by atoms with Gasteiger partial charge in [-0.25, -0.2) is 0 Å². The van der Waals surface area contributed by atoms with E-state index >= 15 is 0 Å². The highest BCUT2D eigenvalue weighted by Crippen LogP contribution is 2.11. The van der Waals surface area contributed by atoms with Crippen LogP contribution in [0.3, 0.4) is 0 Å². The van der Waals surface area contributed by atoms with Gasteiger partial charge in [0.1, 0.15) is 0 Å². The predicted molar refractivity (Wildman–Crippen MR) is 70.7 cm³/mol. The Hall–Kier alpha value is -1.07. The van der Waals surface area contributed by atoms with Gasteiger partial charge in [0.05, 0.1) is 10.7 Å². The van der Waals surface area contributed by atoms with Gasteiger partial charge in [0.15, 0.2) is 0 Å². The van der Waals surface area contributed by atoms with E-state index in [9.17, 15) is 4.79 Å². The van der Waals surface area contributed by atoms with Crippen LogP contribution in [0.15, 0.2) is 6.20 Å². The minimum absolute atomic E-state index is 0.0239. The topological polar surface area (TPSA) is 56.1 Å². The van der Waals surface area contributed by atoms with Crippen molar-refractivity contribution in [2.24, 2.45) is 0 Å². The zero-order valence-corrected chi connectivity index (χ0v) is 11.7. The minimum atomic E-state index is 0.0239. The van der Waals surface area contributed by atoms with Crippen molar-refractivity contribution >= 4 is 17.5 Å². The van der Waals surface area contributed by atoms with Crippen LogP contribution in [-0.2, 0) is 16.1 Å². The van der Waals surface area contributed by atoms with E-state index in [2.05, 4.69) is 10.4 Å². The van der Waals surface area contributed by atoms with E-state index in [1.165, 1.54) is 0 Å². The Labute approximate surface area is 112 Å². The molecular weight excluding hydrogens is 254 g/mol. The molecule has 0 fully saturated rings. The van der Waals surface area contributed by atoms with E-state index in [-0.39, 0.29) is 5.91 Å². The molecule has 0 saturated carbocycles. The Morgan fingerprint density at radius 3 is 3.00 bits per heavy atom. The molecule has 0 spiro atoms. The highest BCUT2D eigenvalue weighted by Gasteiger charge is 2.04. The van der Waals surface area contributed by atoms with Crippen LogP contribution in [-0.4, -0.2) is 35.4 Å². The average Bonchev–Trinajstić information content (AvgIpc) is 2.66. The third-order valence-electron chi connectivity index (χ3n) is 2.45. The Bertz CT molecular complexity index is 360. The summed E-state index contributed by atoms with van der Waals surface area (Å²) in [6.07, 6.45) is 2.98. The van der Waals surface area contributed by atoms with Gasteiger partial charge in [0.25, 0.3) is 0 Å². The number of rotatable bonds is 8. The molecule has 0 bridgehead atoms. The van der Waals surface area contributed by atoms with E-state index in [4.69, 9.17) is 16.3 Å². The van der Waals surface area contributed by atoms with Gasteiger partial charge in [-0.05, 0) is 20.3 Å². The fourth-order valence-electron chi connectivity index (χ4n) is 1.46. The molecule has 0 aliphatic rings. The highest BCUT2D eigenvalue weighted by atomic mass is 35.5. The second kappa shape index (κ2) is 8.11. The van der Waals surface area contributed by atoms with Crippen LogP contribution in [0.4, 0.5) is 0 Å². The second-order valence-corrected chi connectivity index (χ2v) is 4.38. The smallest absolute Gasteiger partial charge is 0.221 e. The Morgan fingerprint density at radius 1 is 1.61 bits per heavy atom. The first-order valence-electron chi connectivity index (χ1n) is 6.17. The molecule has 1 N–H and O–H groups in total. The first-order valence-corrected chi connectivity index (χ1v) is 6.55. The van der Waals surface area contributed by atoms with Crippen molar-refractivity contribution in [3.05, 3.63) is 16.9 Å². The maximum Gasteiger partial charge on any atom is 0.221 e. The standard InChI is InChI=1S/C12H20ClN3O2/c1-3-18-8-4-6-14-12(17)5-7-16-9-11(13)10(2)15-16/h9H,3-8H2,1-2H3,(H,14,17). The second-order valence-electron chi connectivity index (χ2n) is 3.98. The normalized spacial score (nSPS) is 10.6. The molecule has 1 amide bonds.